The Bertz CT molecular complexity index is 1090. The third-order valence-corrected chi connectivity index (χ3v) is 7.77. The number of nitrogens with zero attached hydrogens (tertiary/aromatic N) is 2. The van der Waals surface area contributed by atoms with Gasteiger partial charge in [0, 0.05) is 38.3 Å². The molecule has 0 saturated carbocycles. The highest BCUT2D eigenvalue weighted by molar-refractivity contribution is 7.89. The van der Waals surface area contributed by atoms with Crippen LogP contribution in [0.3, 0.4) is 0 Å². The van der Waals surface area contributed by atoms with Gasteiger partial charge in [-0.1, -0.05) is 35.3 Å². The molecule has 0 atom stereocenters. The summed E-state index contributed by atoms with van der Waals surface area (Å²) in [5, 5.41) is 3.33. The number of ether oxygens (including phenoxy) is 2. The van der Waals surface area contributed by atoms with Gasteiger partial charge in [-0.05, 0) is 12.1 Å². The highest BCUT2D eigenvalue weighted by Crippen LogP contribution is 2.38. The topological polar surface area (TPSA) is 88.2 Å². The second-order valence-corrected chi connectivity index (χ2v) is 9.86. The van der Waals surface area contributed by atoms with Crippen molar-refractivity contribution in [1.29, 1.82) is 0 Å². The number of carbonyl (C=O) groups is 1. The predicted octanol–water partition coefficient (Wildman–Crippen LogP) is 2.71. The van der Waals surface area contributed by atoms with Crippen molar-refractivity contribution in [2.24, 2.45) is 0 Å². The molecule has 0 aromatic heterocycles. The molecule has 0 radical (unpaired) electrons. The van der Waals surface area contributed by atoms with E-state index in [0.717, 1.165) is 0 Å². The van der Waals surface area contributed by atoms with E-state index in [9.17, 15) is 13.2 Å². The summed E-state index contributed by atoms with van der Waals surface area (Å²) < 4.78 is 38.1. The van der Waals surface area contributed by atoms with Gasteiger partial charge in [0.2, 0.25) is 15.9 Å². The molecule has 2 aliphatic heterocycles. The molecule has 2 heterocycles. The molecule has 166 valence electrons. The van der Waals surface area contributed by atoms with Crippen LogP contribution in [0.5, 0.6) is 11.5 Å². The van der Waals surface area contributed by atoms with Crippen molar-refractivity contribution in [3.63, 3.8) is 0 Å². The number of amides is 1. The molecule has 2 aromatic carbocycles. The van der Waals surface area contributed by atoms with Crippen LogP contribution in [0.1, 0.15) is 0 Å². The molecule has 2 aliphatic rings. The first-order chi connectivity index (χ1) is 14.8. The molecule has 8 nitrogen and oxygen atoms in total. The Morgan fingerprint density at radius 1 is 0.968 bits per heavy atom. The second kappa shape index (κ2) is 9.22. The van der Waals surface area contributed by atoms with E-state index in [-0.39, 0.29) is 35.5 Å². The number of piperazine rings is 1. The highest BCUT2D eigenvalue weighted by atomic mass is 35.5. The predicted molar refractivity (Wildman–Crippen MR) is 118 cm³/mol. The lowest BCUT2D eigenvalue weighted by molar-refractivity contribution is -0.117. The number of nitrogens with one attached hydrogen (secondary N) is 1. The number of hydrogen-bond acceptors (Lipinski definition) is 6. The minimum absolute atomic E-state index is 0.0936. The Balaban J connectivity index is 1.34. The van der Waals surface area contributed by atoms with Crippen molar-refractivity contribution < 1.29 is 22.7 Å². The van der Waals surface area contributed by atoms with Crippen molar-refractivity contribution in [3.8, 4) is 11.5 Å². The van der Waals surface area contributed by atoms with Crippen LogP contribution in [0.4, 0.5) is 5.69 Å². The summed E-state index contributed by atoms with van der Waals surface area (Å²) in [5.74, 6) is 0.829. The van der Waals surface area contributed by atoms with Crippen LogP contribution in [0, 0.1) is 0 Å². The SMILES string of the molecule is O=C(CN1CCN(S(=O)(=O)c2ccccc2Cl)CC1)Nc1cc2c(cc1Cl)OCCO2. The van der Waals surface area contributed by atoms with Gasteiger partial charge in [-0.25, -0.2) is 8.42 Å². The van der Waals surface area contributed by atoms with E-state index in [4.69, 9.17) is 32.7 Å². The average Bonchev–Trinajstić information content (AvgIpc) is 2.75. The second-order valence-electron chi connectivity index (χ2n) is 7.13. The third-order valence-electron chi connectivity index (χ3n) is 5.06. The van der Waals surface area contributed by atoms with E-state index in [2.05, 4.69) is 5.32 Å². The molecule has 0 aliphatic carbocycles. The molecule has 1 fully saturated rings. The molecule has 11 heteroatoms. The van der Waals surface area contributed by atoms with Crippen molar-refractivity contribution in [3.05, 3.63) is 46.4 Å². The Hall–Kier alpha value is -2.04. The molecular weight excluding hydrogens is 465 g/mol. The Kier molecular flexibility index (Phi) is 6.59. The zero-order valence-electron chi connectivity index (χ0n) is 16.5. The molecule has 0 unspecified atom stereocenters. The first-order valence-electron chi connectivity index (χ1n) is 9.70. The zero-order valence-corrected chi connectivity index (χ0v) is 18.8. The molecule has 2 aromatic rings. The highest BCUT2D eigenvalue weighted by Gasteiger charge is 2.30. The molecule has 1 amide bonds. The fraction of sp³-hybridized carbons (Fsp3) is 0.350. The lowest BCUT2D eigenvalue weighted by atomic mass is 10.2. The quantitative estimate of drug-likeness (QED) is 0.700. The number of fused-ring (bicyclic) bond motifs is 1. The number of anilines is 1. The first-order valence-corrected chi connectivity index (χ1v) is 11.9. The molecule has 1 saturated heterocycles. The Morgan fingerprint density at radius 3 is 2.29 bits per heavy atom. The maximum absolute atomic E-state index is 12.8. The Morgan fingerprint density at radius 2 is 1.61 bits per heavy atom. The van der Waals surface area contributed by atoms with E-state index in [1.54, 1.807) is 30.3 Å². The largest absolute Gasteiger partial charge is 0.486 e. The normalized spacial score (nSPS) is 17.4. The van der Waals surface area contributed by atoms with Crippen molar-refractivity contribution in [1.82, 2.24) is 9.21 Å². The minimum atomic E-state index is -3.68. The number of halogens is 2. The van der Waals surface area contributed by atoms with Gasteiger partial charge >= 0.3 is 0 Å². The number of sulfonamides is 1. The molecule has 1 N–H and O–H groups in total. The summed E-state index contributed by atoms with van der Waals surface area (Å²) in [7, 11) is -3.68. The van der Waals surface area contributed by atoms with Crippen molar-refractivity contribution >= 4 is 44.8 Å². The van der Waals surface area contributed by atoms with Crippen molar-refractivity contribution in [2.75, 3.05) is 51.3 Å². The van der Waals surface area contributed by atoms with Gasteiger partial charge < -0.3 is 14.8 Å². The summed E-state index contributed by atoms with van der Waals surface area (Å²) >= 11 is 12.3. The summed E-state index contributed by atoms with van der Waals surface area (Å²) in [4.78, 5) is 14.5. The number of hydrogen-bond donors (Lipinski definition) is 1. The number of carbonyl (C=O) groups excluding carboxylic acids is 1. The molecule has 4 rings (SSSR count). The van der Waals surface area contributed by atoms with Crippen LogP contribution in [0.25, 0.3) is 0 Å². The number of rotatable bonds is 5. The Labute approximate surface area is 190 Å². The van der Waals surface area contributed by atoms with E-state index in [0.29, 0.717) is 48.5 Å². The van der Waals surface area contributed by atoms with Gasteiger partial charge in [-0.3, -0.25) is 9.69 Å². The van der Waals surface area contributed by atoms with Crippen LogP contribution in [-0.4, -0.2) is 69.5 Å². The maximum Gasteiger partial charge on any atom is 0.244 e. The molecule has 0 bridgehead atoms. The molecule has 31 heavy (non-hydrogen) atoms. The summed E-state index contributed by atoms with van der Waals surface area (Å²) in [6.45, 7) is 2.39. The van der Waals surface area contributed by atoms with Crippen LogP contribution >= 0.6 is 23.2 Å². The monoisotopic (exact) mass is 485 g/mol. The smallest absolute Gasteiger partial charge is 0.244 e. The average molecular weight is 486 g/mol. The van der Waals surface area contributed by atoms with Crippen LogP contribution in [-0.2, 0) is 14.8 Å². The summed E-state index contributed by atoms with van der Waals surface area (Å²) in [6.07, 6.45) is 0. The van der Waals surface area contributed by atoms with Gasteiger partial charge in [0.05, 0.1) is 22.3 Å². The summed E-state index contributed by atoms with van der Waals surface area (Å²) in [6, 6.07) is 9.63. The first kappa shape index (κ1) is 22.2. The third kappa shape index (κ3) is 4.91. The van der Waals surface area contributed by atoms with E-state index < -0.39 is 10.0 Å². The van der Waals surface area contributed by atoms with Crippen LogP contribution < -0.4 is 14.8 Å². The number of benzene rings is 2. The van der Waals surface area contributed by atoms with Gasteiger partial charge in [0.1, 0.15) is 18.1 Å². The molecule has 0 spiro atoms. The lowest BCUT2D eigenvalue weighted by Gasteiger charge is -2.33. The van der Waals surface area contributed by atoms with Crippen LogP contribution in [0.15, 0.2) is 41.3 Å². The molecular formula is C20H21Cl2N3O5S. The standard InChI is InChI=1S/C20H21Cl2N3O5S/c21-14-3-1-2-4-19(14)31(27,28)25-7-5-24(6-8-25)13-20(26)23-16-12-18-17(11-15(16)22)29-9-10-30-18/h1-4,11-12H,5-10,13H2,(H,23,26). The van der Waals surface area contributed by atoms with Gasteiger partial charge in [0.15, 0.2) is 11.5 Å². The minimum Gasteiger partial charge on any atom is -0.486 e. The van der Waals surface area contributed by atoms with Gasteiger partial charge in [0.25, 0.3) is 0 Å². The summed E-state index contributed by atoms with van der Waals surface area (Å²) in [5.41, 5.74) is 0.441. The van der Waals surface area contributed by atoms with Crippen molar-refractivity contribution in [2.45, 2.75) is 4.90 Å². The maximum atomic E-state index is 12.8. The van der Waals surface area contributed by atoms with E-state index in [1.807, 2.05) is 4.90 Å². The zero-order chi connectivity index (χ0) is 22.0. The fourth-order valence-corrected chi connectivity index (χ4v) is 5.59. The van der Waals surface area contributed by atoms with Gasteiger partial charge in [-0.15, -0.1) is 0 Å². The fourth-order valence-electron chi connectivity index (χ4n) is 3.47. The van der Waals surface area contributed by atoms with Crippen LogP contribution in [0.2, 0.25) is 10.0 Å². The lowest BCUT2D eigenvalue weighted by Crippen LogP contribution is -2.50. The van der Waals surface area contributed by atoms with E-state index >= 15 is 0 Å². The van der Waals surface area contributed by atoms with Gasteiger partial charge in [-0.2, -0.15) is 4.31 Å². The van der Waals surface area contributed by atoms with E-state index in [1.165, 1.54) is 10.4 Å².